The molecule has 0 saturated carbocycles. The number of hydrogen-bond acceptors (Lipinski definition) is 3. The van der Waals surface area contributed by atoms with Gasteiger partial charge >= 0.3 is 12.2 Å². The molecule has 2 aromatic heterocycles. The lowest BCUT2D eigenvalue weighted by atomic mass is 10.1. The second kappa shape index (κ2) is 6.81. The second-order valence-corrected chi connectivity index (χ2v) is 5.24. The summed E-state index contributed by atoms with van der Waals surface area (Å²) < 4.78 is 52.8. The van der Waals surface area contributed by atoms with E-state index in [1.807, 2.05) is 0 Å². The van der Waals surface area contributed by atoms with E-state index in [4.69, 9.17) is 0 Å². The van der Waals surface area contributed by atoms with Gasteiger partial charge in [-0.3, -0.25) is 4.98 Å². The average molecular weight is 342 g/mol. The van der Waals surface area contributed by atoms with E-state index in [9.17, 15) is 22.4 Å². The van der Waals surface area contributed by atoms with Crippen LogP contribution in [-0.4, -0.2) is 22.0 Å². The van der Waals surface area contributed by atoms with Crippen LogP contribution in [-0.2, 0) is 6.18 Å². The zero-order valence-corrected chi connectivity index (χ0v) is 12.8. The van der Waals surface area contributed by atoms with Gasteiger partial charge in [0.15, 0.2) is 5.69 Å². The van der Waals surface area contributed by atoms with Crippen LogP contribution in [0.4, 0.5) is 28.0 Å². The molecular weight excluding hydrogens is 328 g/mol. The fraction of sp³-hybridized carbons (Fsp3) is 0.267. The Labute approximate surface area is 135 Å². The number of hydrogen-bond donors (Lipinski definition) is 2. The van der Waals surface area contributed by atoms with Gasteiger partial charge in [-0.05, 0) is 32.0 Å². The first kappa shape index (κ1) is 17.6. The first-order valence-corrected chi connectivity index (χ1v) is 6.93. The summed E-state index contributed by atoms with van der Waals surface area (Å²) in [7, 11) is 0. The van der Waals surface area contributed by atoms with Crippen LogP contribution < -0.4 is 10.6 Å². The molecular formula is C15H14F4N4O. The van der Waals surface area contributed by atoms with Crippen molar-refractivity contribution in [2.45, 2.75) is 26.1 Å². The third kappa shape index (κ3) is 4.40. The van der Waals surface area contributed by atoms with Crippen molar-refractivity contribution in [3.63, 3.8) is 0 Å². The quantitative estimate of drug-likeness (QED) is 0.833. The minimum absolute atomic E-state index is 0.0960. The van der Waals surface area contributed by atoms with Gasteiger partial charge in [0.2, 0.25) is 0 Å². The molecule has 0 radical (unpaired) electrons. The lowest BCUT2D eigenvalue weighted by molar-refractivity contribution is -0.140. The number of nitrogens with zero attached hydrogens (tertiary/aromatic N) is 2. The van der Waals surface area contributed by atoms with Crippen molar-refractivity contribution in [3.05, 3.63) is 42.1 Å². The van der Waals surface area contributed by atoms with Crippen LogP contribution in [0.2, 0.25) is 0 Å². The molecule has 0 spiro atoms. The van der Waals surface area contributed by atoms with Crippen molar-refractivity contribution in [2.75, 3.05) is 5.32 Å². The van der Waals surface area contributed by atoms with E-state index < -0.39 is 29.4 Å². The Morgan fingerprint density at radius 2 is 1.92 bits per heavy atom. The summed E-state index contributed by atoms with van der Waals surface area (Å²) in [5.41, 5.74) is -1.78. The van der Waals surface area contributed by atoms with E-state index in [0.29, 0.717) is 0 Å². The summed E-state index contributed by atoms with van der Waals surface area (Å²) in [6.07, 6.45) is -2.66. The molecule has 24 heavy (non-hydrogen) atoms. The number of halogens is 4. The maximum atomic E-state index is 13.2. The Hall–Kier alpha value is -2.71. The lowest BCUT2D eigenvalue weighted by Gasteiger charge is -2.15. The van der Waals surface area contributed by atoms with Gasteiger partial charge in [0, 0.05) is 17.8 Å². The minimum Gasteiger partial charge on any atom is -0.336 e. The molecule has 2 rings (SSSR count). The number of rotatable bonds is 3. The highest BCUT2D eigenvalue weighted by Gasteiger charge is 2.36. The molecule has 2 N–H and O–H groups in total. The van der Waals surface area contributed by atoms with Crippen LogP contribution in [0.1, 0.15) is 19.5 Å². The number of pyridine rings is 2. The number of carbonyl (C=O) groups is 1. The standard InChI is InChI=1S/C15H14F4N4O/c1-8(2)21-14(24)23-12-4-3-11(22-13(12)15(17,18)19)9-5-10(16)7-20-6-9/h3-8H,1-2H3,(H2,21,23,24). The maximum absolute atomic E-state index is 13.2. The molecule has 0 unspecified atom stereocenters. The summed E-state index contributed by atoms with van der Waals surface area (Å²) in [4.78, 5) is 18.7. The zero-order chi connectivity index (χ0) is 17.9. The van der Waals surface area contributed by atoms with Crippen molar-refractivity contribution in [2.24, 2.45) is 0 Å². The van der Waals surface area contributed by atoms with Gasteiger partial charge < -0.3 is 10.6 Å². The molecule has 0 bridgehead atoms. The molecule has 9 heteroatoms. The highest BCUT2D eigenvalue weighted by Crippen LogP contribution is 2.35. The molecule has 0 aliphatic heterocycles. The molecule has 2 amide bonds. The average Bonchev–Trinajstić information content (AvgIpc) is 2.45. The van der Waals surface area contributed by atoms with Crippen molar-refractivity contribution in [1.82, 2.24) is 15.3 Å². The van der Waals surface area contributed by atoms with Gasteiger partial charge in [-0.15, -0.1) is 0 Å². The first-order valence-electron chi connectivity index (χ1n) is 6.93. The van der Waals surface area contributed by atoms with Gasteiger partial charge in [0.1, 0.15) is 5.82 Å². The number of nitrogens with one attached hydrogen (secondary N) is 2. The van der Waals surface area contributed by atoms with Crippen molar-refractivity contribution >= 4 is 11.7 Å². The Kier molecular flexibility index (Phi) is 5.01. The monoisotopic (exact) mass is 342 g/mol. The summed E-state index contributed by atoms with van der Waals surface area (Å²) >= 11 is 0. The summed E-state index contributed by atoms with van der Waals surface area (Å²) in [5.74, 6) is -0.693. The maximum Gasteiger partial charge on any atom is 0.435 e. The van der Waals surface area contributed by atoms with Crippen LogP contribution in [0.5, 0.6) is 0 Å². The van der Waals surface area contributed by atoms with Crippen molar-refractivity contribution in [1.29, 1.82) is 0 Å². The number of alkyl halides is 3. The SMILES string of the molecule is CC(C)NC(=O)Nc1ccc(-c2cncc(F)c2)nc1C(F)(F)F. The fourth-order valence-corrected chi connectivity index (χ4v) is 1.91. The molecule has 0 aliphatic rings. The largest absolute Gasteiger partial charge is 0.435 e. The molecule has 0 saturated heterocycles. The summed E-state index contributed by atoms with van der Waals surface area (Å²) in [6, 6.07) is 2.31. The topological polar surface area (TPSA) is 66.9 Å². The Morgan fingerprint density at radius 3 is 2.50 bits per heavy atom. The van der Waals surface area contributed by atoms with E-state index in [-0.39, 0.29) is 17.3 Å². The summed E-state index contributed by atoms with van der Waals surface area (Å²) in [6.45, 7) is 3.34. The Morgan fingerprint density at radius 1 is 1.21 bits per heavy atom. The van der Waals surface area contributed by atoms with Crippen molar-refractivity contribution < 1.29 is 22.4 Å². The normalized spacial score (nSPS) is 11.5. The van der Waals surface area contributed by atoms with E-state index in [2.05, 4.69) is 20.6 Å². The Bertz CT molecular complexity index is 746. The third-order valence-electron chi connectivity index (χ3n) is 2.83. The predicted molar refractivity (Wildman–Crippen MR) is 79.7 cm³/mol. The molecule has 2 heterocycles. The van der Waals surface area contributed by atoms with Gasteiger partial charge in [0.05, 0.1) is 17.6 Å². The van der Waals surface area contributed by atoms with Crippen LogP contribution in [0.25, 0.3) is 11.3 Å². The minimum atomic E-state index is -4.79. The van der Waals surface area contributed by atoms with Crippen LogP contribution >= 0.6 is 0 Å². The smallest absolute Gasteiger partial charge is 0.336 e. The second-order valence-electron chi connectivity index (χ2n) is 5.24. The van der Waals surface area contributed by atoms with Crippen molar-refractivity contribution in [3.8, 4) is 11.3 Å². The molecule has 2 aromatic rings. The van der Waals surface area contributed by atoms with E-state index >= 15 is 0 Å². The highest BCUT2D eigenvalue weighted by atomic mass is 19.4. The third-order valence-corrected chi connectivity index (χ3v) is 2.83. The number of anilines is 1. The molecule has 128 valence electrons. The molecule has 0 aliphatic carbocycles. The molecule has 0 atom stereocenters. The van der Waals surface area contributed by atoms with Gasteiger partial charge in [-0.1, -0.05) is 0 Å². The van der Waals surface area contributed by atoms with Gasteiger partial charge in [-0.2, -0.15) is 13.2 Å². The molecule has 0 aromatic carbocycles. The fourth-order valence-electron chi connectivity index (χ4n) is 1.91. The van der Waals surface area contributed by atoms with Gasteiger partial charge in [-0.25, -0.2) is 14.2 Å². The number of amides is 2. The van der Waals surface area contributed by atoms with Crippen LogP contribution in [0, 0.1) is 5.82 Å². The van der Waals surface area contributed by atoms with Gasteiger partial charge in [0.25, 0.3) is 0 Å². The van der Waals surface area contributed by atoms with E-state index in [1.165, 1.54) is 12.3 Å². The van der Waals surface area contributed by atoms with Crippen LogP contribution in [0.15, 0.2) is 30.6 Å². The number of carbonyl (C=O) groups excluding carboxylic acids is 1. The van der Waals surface area contributed by atoms with E-state index in [1.54, 1.807) is 13.8 Å². The van der Waals surface area contributed by atoms with E-state index in [0.717, 1.165) is 18.3 Å². The lowest BCUT2D eigenvalue weighted by Crippen LogP contribution is -2.34. The number of urea groups is 1. The molecule has 5 nitrogen and oxygen atoms in total. The predicted octanol–water partition coefficient (Wildman–Crippen LogP) is 3.83. The van der Waals surface area contributed by atoms with Crippen LogP contribution in [0.3, 0.4) is 0 Å². The first-order chi connectivity index (χ1) is 11.2. The Balaban J connectivity index is 2.41. The highest BCUT2D eigenvalue weighted by molar-refractivity contribution is 5.90. The molecule has 0 fully saturated rings. The zero-order valence-electron chi connectivity index (χ0n) is 12.8. The summed E-state index contributed by atoms with van der Waals surface area (Å²) in [5, 5.41) is 4.54. The number of aromatic nitrogens is 2.